The molecule has 0 N–H and O–H groups in total. The second-order valence-corrected chi connectivity index (χ2v) is 11.2. The van der Waals surface area contributed by atoms with Crippen LogP contribution in [0, 0.1) is 28.6 Å². The van der Waals surface area contributed by atoms with Crippen molar-refractivity contribution in [2.24, 2.45) is 28.6 Å². The molecule has 5 rings (SSSR count). The smallest absolute Gasteiger partial charge is 0.432 e. The average Bonchev–Trinajstić information content (AvgIpc) is 3.11. The molecule has 32 heavy (non-hydrogen) atoms. The molecule has 1 aromatic rings. The van der Waals surface area contributed by atoms with Crippen LogP contribution in [0.15, 0.2) is 42.3 Å². The maximum absolute atomic E-state index is 12.0. The number of pyridine rings is 1. The maximum Gasteiger partial charge on any atom is 0.508 e. The van der Waals surface area contributed by atoms with Crippen molar-refractivity contribution < 1.29 is 14.3 Å². The quantitative estimate of drug-likeness (QED) is 0.380. The number of aromatic nitrogens is 1. The highest BCUT2D eigenvalue weighted by molar-refractivity contribution is 5.72. The summed E-state index contributed by atoms with van der Waals surface area (Å²) in [6, 6.07) is 4.29. The minimum Gasteiger partial charge on any atom is -0.432 e. The summed E-state index contributed by atoms with van der Waals surface area (Å²) in [5, 5.41) is 0. The minimum atomic E-state index is -0.517. The number of fused-ring (bicyclic) bond motifs is 5. The molecular formula is C28H37NO3. The molecule has 2 saturated carbocycles. The van der Waals surface area contributed by atoms with Crippen molar-refractivity contribution in [1.82, 2.24) is 4.98 Å². The number of carbonyl (C=O) groups excluding carboxylic acids is 1. The van der Waals surface area contributed by atoms with Crippen molar-refractivity contribution >= 4 is 11.7 Å². The van der Waals surface area contributed by atoms with Gasteiger partial charge in [-0.3, -0.25) is 4.98 Å². The molecule has 1 aromatic heterocycles. The summed E-state index contributed by atoms with van der Waals surface area (Å²) in [6.07, 6.45) is 16.0. The lowest BCUT2D eigenvalue weighted by Crippen LogP contribution is -2.50. The second-order valence-electron chi connectivity index (χ2n) is 11.2. The zero-order chi connectivity index (χ0) is 22.5. The topological polar surface area (TPSA) is 48.4 Å². The molecule has 0 bridgehead atoms. The summed E-state index contributed by atoms with van der Waals surface area (Å²) in [6.45, 7) is 8.71. The van der Waals surface area contributed by atoms with Crippen LogP contribution in [0.4, 0.5) is 4.79 Å². The van der Waals surface area contributed by atoms with E-state index in [0.717, 1.165) is 37.5 Å². The summed E-state index contributed by atoms with van der Waals surface area (Å²) >= 11 is 0. The zero-order valence-corrected chi connectivity index (χ0v) is 20.0. The molecule has 0 aliphatic heterocycles. The second kappa shape index (κ2) is 8.04. The van der Waals surface area contributed by atoms with Crippen LogP contribution < -0.4 is 0 Å². The lowest BCUT2D eigenvalue weighted by atomic mass is 9.47. The van der Waals surface area contributed by atoms with Gasteiger partial charge in [-0.05, 0) is 98.2 Å². The summed E-state index contributed by atoms with van der Waals surface area (Å²) in [4.78, 5) is 16.4. The number of nitrogens with zero attached hydrogens (tertiary/aromatic N) is 1. The molecule has 6 atom stereocenters. The van der Waals surface area contributed by atoms with Crippen molar-refractivity contribution in [1.29, 1.82) is 0 Å². The van der Waals surface area contributed by atoms with Gasteiger partial charge in [0.05, 0.1) is 6.10 Å². The molecule has 4 nitrogen and oxygen atoms in total. The Morgan fingerprint density at radius 3 is 2.66 bits per heavy atom. The first-order valence-electron chi connectivity index (χ1n) is 12.5. The molecule has 0 unspecified atom stereocenters. The Morgan fingerprint density at radius 1 is 1.09 bits per heavy atom. The van der Waals surface area contributed by atoms with Crippen LogP contribution in [-0.2, 0) is 9.47 Å². The molecule has 0 saturated heterocycles. The number of hydrogen-bond donors (Lipinski definition) is 0. The van der Waals surface area contributed by atoms with E-state index in [0.29, 0.717) is 5.92 Å². The van der Waals surface area contributed by atoms with E-state index < -0.39 is 6.16 Å². The van der Waals surface area contributed by atoms with E-state index in [4.69, 9.17) is 9.47 Å². The van der Waals surface area contributed by atoms with Crippen LogP contribution in [0.5, 0.6) is 0 Å². The van der Waals surface area contributed by atoms with Crippen LogP contribution in [0.2, 0.25) is 0 Å². The molecule has 4 heteroatoms. The van der Waals surface area contributed by atoms with Crippen molar-refractivity contribution in [3.63, 3.8) is 0 Å². The Labute approximate surface area is 192 Å². The average molecular weight is 436 g/mol. The monoisotopic (exact) mass is 435 g/mol. The van der Waals surface area contributed by atoms with Gasteiger partial charge in [0.25, 0.3) is 0 Å². The van der Waals surface area contributed by atoms with Crippen molar-refractivity contribution in [2.45, 2.75) is 84.8 Å². The predicted octanol–water partition coefficient (Wildman–Crippen LogP) is 6.97. The third-order valence-corrected chi connectivity index (χ3v) is 9.21. The van der Waals surface area contributed by atoms with E-state index in [1.54, 1.807) is 0 Å². The van der Waals surface area contributed by atoms with Crippen LogP contribution in [-0.4, -0.2) is 23.3 Å². The van der Waals surface area contributed by atoms with Crippen molar-refractivity contribution in [3.8, 4) is 0 Å². The van der Waals surface area contributed by atoms with Gasteiger partial charge in [0.2, 0.25) is 0 Å². The van der Waals surface area contributed by atoms with Crippen molar-refractivity contribution in [2.75, 3.05) is 0 Å². The third kappa shape index (κ3) is 3.50. The van der Waals surface area contributed by atoms with E-state index in [1.807, 2.05) is 26.2 Å². The van der Waals surface area contributed by atoms with E-state index >= 15 is 0 Å². The highest BCUT2D eigenvalue weighted by Gasteiger charge is 2.57. The van der Waals surface area contributed by atoms with Crippen LogP contribution in [0.25, 0.3) is 5.57 Å². The van der Waals surface area contributed by atoms with Gasteiger partial charge in [-0.15, -0.1) is 0 Å². The van der Waals surface area contributed by atoms with Crippen LogP contribution in [0.1, 0.15) is 78.2 Å². The molecular weight excluding hydrogens is 398 g/mol. The van der Waals surface area contributed by atoms with Gasteiger partial charge >= 0.3 is 6.16 Å². The van der Waals surface area contributed by atoms with E-state index in [2.05, 4.69) is 43.1 Å². The van der Waals surface area contributed by atoms with Gasteiger partial charge in [0, 0.05) is 18.8 Å². The zero-order valence-electron chi connectivity index (χ0n) is 20.0. The Kier molecular flexibility index (Phi) is 5.46. The Hall–Kier alpha value is -2.10. The molecule has 4 aliphatic carbocycles. The number of rotatable bonds is 3. The number of allylic oxidation sites excluding steroid dienone is 3. The standard InChI is InChI=1S/C28H37NO3/c1-18(2)31-26(30)32-21-11-13-27(3)20(16-21)7-8-22-24-10-9-23(19-6-5-15-29-17-19)28(24,4)14-12-25(22)27/h5-7,9,15,17-18,21-22,24-25H,8,10-14,16H2,1-4H3/t21-,22-,24-,25-,27-,28+/m0/s1. The molecule has 2 fully saturated rings. The van der Waals surface area contributed by atoms with Gasteiger partial charge in [-0.2, -0.15) is 0 Å². The molecule has 0 spiro atoms. The number of carbonyl (C=O) groups is 1. The Bertz CT molecular complexity index is 935. The van der Waals surface area contributed by atoms with Gasteiger partial charge in [0.15, 0.2) is 0 Å². The fourth-order valence-electron chi connectivity index (χ4n) is 7.62. The number of hydrogen-bond acceptors (Lipinski definition) is 4. The molecule has 1 heterocycles. The first-order valence-corrected chi connectivity index (χ1v) is 12.5. The van der Waals surface area contributed by atoms with Crippen LogP contribution >= 0.6 is 0 Å². The first-order chi connectivity index (χ1) is 15.3. The predicted molar refractivity (Wildman–Crippen MR) is 126 cm³/mol. The van der Waals surface area contributed by atoms with E-state index in [-0.39, 0.29) is 23.0 Å². The summed E-state index contributed by atoms with van der Waals surface area (Å²) in [5.74, 6) is 2.17. The lowest BCUT2D eigenvalue weighted by molar-refractivity contribution is -0.0397. The summed E-state index contributed by atoms with van der Waals surface area (Å²) < 4.78 is 10.9. The largest absolute Gasteiger partial charge is 0.508 e. The SMILES string of the molecule is CC(C)OC(=O)O[C@H]1CC[C@@]2(C)C(=CC[C@@H]3[C@@H]2CC[C@]2(C)C(c4cccnc4)=CC[C@@H]32)C1. The Balaban J connectivity index is 1.33. The molecule has 0 radical (unpaired) electrons. The third-order valence-electron chi connectivity index (χ3n) is 9.21. The molecule has 172 valence electrons. The molecule has 4 aliphatic rings. The fourth-order valence-corrected chi connectivity index (χ4v) is 7.62. The fraction of sp³-hybridized carbons (Fsp3) is 0.643. The van der Waals surface area contributed by atoms with Gasteiger partial charge in [0.1, 0.15) is 6.10 Å². The van der Waals surface area contributed by atoms with E-state index in [1.165, 1.54) is 36.0 Å². The van der Waals surface area contributed by atoms with Gasteiger partial charge < -0.3 is 9.47 Å². The summed E-state index contributed by atoms with van der Waals surface area (Å²) in [5.41, 5.74) is 4.85. The molecule has 0 amide bonds. The van der Waals surface area contributed by atoms with Crippen LogP contribution in [0.3, 0.4) is 0 Å². The van der Waals surface area contributed by atoms with E-state index in [9.17, 15) is 4.79 Å². The maximum atomic E-state index is 12.0. The lowest BCUT2D eigenvalue weighted by Gasteiger charge is -2.57. The number of ether oxygens (including phenoxy) is 2. The highest BCUT2D eigenvalue weighted by atomic mass is 16.7. The first kappa shape index (κ1) is 21.7. The van der Waals surface area contributed by atoms with Gasteiger partial charge in [-0.25, -0.2) is 4.79 Å². The Morgan fingerprint density at radius 2 is 1.91 bits per heavy atom. The molecule has 0 aromatic carbocycles. The highest BCUT2D eigenvalue weighted by Crippen LogP contribution is 2.66. The van der Waals surface area contributed by atoms with Gasteiger partial charge in [-0.1, -0.05) is 37.6 Å². The minimum absolute atomic E-state index is 0.0451. The normalized spacial score (nSPS) is 38.2. The summed E-state index contributed by atoms with van der Waals surface area (Å²) in [7, 11) is 0. The van der Waals surface area contributed by atoms with Crippen molar-refractivity contribution in [3.05, 3.63) is 47.8 Å².